The van der Waals surface area contributed by atoms with Gasteiger partial charge in [-0.2, -0.15) is 5.09 Å². The van der Waals surface area contributed by atoms with E-state index in [1.807, 2.05) is 0 Å². The summed E-state index contributed by atoms with van der Waals surface area (Å²) in [5.74, 6) is -1.83. The molecule has 1 aliphatic rings. The lowest BCUT2D eigenvalue weighted by Gasteiger charge is -2.40. The van der Waals surface area contributed by atoms with Crippen LogP contribution in [-0.2, 0) is 23.4 Å². The maximum absolute atomic E-state index is 13.4. The van der Waals surface area contributed by atoms with Gasteiger partial charge >= 0.3 is 29.6 Å². The minimum atomic E-state index is -10.1. The van der Waals surface area contributed by atoms with E-state index in [1.165, 1.54) is 32.2 Å². The number of esters is 1. The van der Waals surface area contributed by atoms with Crippen LogP contribution in [0.5, 0.6) is 5.75 Å². The maximum Gasteiger partial charge on any atom is 0.459 e. The molecule has 1 aromatic carbocycles. The van der Waals surface area contributed by atoms with Crippen molar-refractivity contribution >= 4 is 23.9 Å². The third-order valence-corrected chi connectivity index (χ3v) is 7.80. The van der Waals surface area contributed by atoms with Crippen molar-refractivity contribution in [3.8, 4) is 5.75 Å². The number of halogens is 5. The summed E-state index contributed by atoms with van der Waals surface area (Å²) in [5.41, 5.74) is -1.15. The summed E-state index contributed by atoms with van der Waals surface area (Å²) in [4.78, 5) is 35.3. The van der Waals surface area contributed by atoms with E-state index >= 15 is 0 Å². The van der Waals surface area contributed by atoms with E-state index in [4.69, 9.17) is 13.8 Å². The molecule has 1 aromatic heterocycles. The van der Waals surface area contributed by atoms with Gasteiger partial charge in [0.05, 0.1) is 13.7 Å². The quantitative estimate of drug-likeness (QED) is 0.179. The average Bonchev–Trinajstić information content (AvgIpc) is 3.27. The zero-order valence-corrected chi connectivity index (χ0v) is 21.7. The standard InChI is InChI=1S/C20H23F5N3O8PS/c1-12-10-28(20(31)26-18(12)29)17-8-7-15(35-17)11-34-37(32,27-13(2)19(30)33-3)36-14-5-4-6-16(9-14)38(21,22,23,24)25/h4-10,13,15,17H,11H2,1-3H3,(H,27,32)(H,26,29,31)/t13-,15-,17+,37?/m0/s1. The number of benzene rings is 1. The van der Waals surface area contributed by atoms with E-state index in [-0.39, 0.29) is 17.7 Å². The van der Waals surface area contributed by atoms with E-state index in [0.29, 0.717) is 6.07 Å². The van der Waals surface area contributed by atoms with Crippen LogP contribution in [0.3, 0.4) is 0 Å². The maximum atomic E-state index is 13.4. The third kappa shape index (κ3) is 7.32. The van der Waals surface area contributed by atoms with Crippen LogP contribution < -0.4 is 20.9 Å². The summed E-state index contributed by atoms with van der Waals surface area (Å²) in [6.07, 6.45) is 2.09. The normalized spacial score (nSPS) is 21.7. The van der Waals surface area contributed by atoms with E-state index in [9.17, 15) is 38.4 Å². The van der Waals surface area contributed by atoms with Crippen LogP contribution in [0.4, 0.5) is 19.4 Å². The Kier molecular flexibility index (Phi) is 7.51. The fourth-order valence-electron chi connectivity index (χ4n) is 3.16. The molecule has 4 atom stereocenters. The Morgan fingerprint density at radius 1 is 1.24 bits per heavy atom. The number of methoxy groups -OCH3 is 1. The largest absolute Gasteiger partial charge is 0.468 e. The predicted molar refractivity (Wildman–Crippen MR) is 126 cm³/mol. The summed E-state index contributed by atoms with van der Waals surface area (Å²) >= 11 is 0. The second-order valence-electron chi connectivity index (χ2n) is 8.13. The van der Waals surface area contributed by atoms with E-state index < -0.39 is 70.8 Å². The number of aromatic nitrogens is 2. The molecule has 0 saturated heterocycles. The van der Waals surface area contributed by atoms with Gasteiger partial charge in [0.2, 0.25) is 0 Å². The van der Waals surface area contributed by atoms with Crippen molar-refractivity contribution in [2.45, 2.75) is 37.1 Å². The first kappa shape index (κ1) is 29.6. The molecule has 11 nitrogen and oxygen atoms in total. The number of hydrogen-bond acceptors (Lipinski definition) is 8. The number of hydrogen-bond donors (Lipinski definition) is 2. The van der Waals surface area contributed by atoms with E-state index in [2.05, 4.69) is 14.8 Å². The second-order valence-corrected chi connectivity index (χ2v) is 12.2. The molecule has 3 rings (SSSR count). The molecule has 0 saturated carbocycles. The van der Waals surface area contributed by atoms with Crippen LogP contribution in [-0.4, -0.2) is 41.4 Å². The number of carbonyl (C=O) groups excluding carboxylic acids is 1. The molecule has 0 bridgehead atoms. The second kappa shape index (κ2) is 9.64. The lowest BCUT2D eigenvalue weighted by Crippen LogP contribution is -2.35. The van der Waals surface area contributed by atoms with Crippen molar-refractivity contribution in [3.63, 3.8) is 0 Å². The molecular weight excluding hydrogens is 568 g/mol. The number of carbonyl (C=O) groups is 1. The summed E-state index contributed by atoms with van der Waals surface area (Å²) in [7, 11) is -13.8. The Labute approximate surface area is 211 Å². The fourth-order valence-corrected chi connectivity index (χ4v) is 5.32. The van der Waals surface area contributed by atoms with E-state index in [0.717, 1.165) is 17.7 Å². The van der Waals surface area contributed by atoms with Crippen molar-refractivity contribution in [3.05, 3.63) is 69.0 Å². The molecule has 18 heteroatoms. The molecule has 0 aliphatic carbocycles. The Bertz CT molecular complexity index is 1430. The highest BCUT2D eigenvalue weighted by Gasteiger charge is 2.65. The van der Waals surface area contributed by atoms with Gasteiger partial charge in [-0.1, -0.05) is 31.6 Å². The Hall–Kier alpha value is -2.98. The summed E-state index contributed by atoms with van der Waals surface area (Å²) in [6.45, 7) is 2.06. The van der Waals surface area contributed by atoms with Crippen molar-refractivity contribution < 1.29 is 47.3 Å². The molecule has 38 heavy (non-hydrogen) atoms. The van der Waals surface area contributed by atoms with Gasteiger partial charge in [0, 0.05) is 17.8 Å². The van der Waals surface area contributed by atoms with Crippen LogP contribution in [0.15, 0.2) is 57.1 Å². The van der Waals surface area contributed by atoms with E-state index in [1.54, 1.807) is 0 Å². The minimum Gasteiger partial charge on any atom is -0.468 e. The van der Waals surface area contributed by atoms with Gasteiger partial charge in [-0.25, -0.2) is 9.36 Å². The van der Waals surface area contributed by atoms with Crippen LogP contribution in [0.25, 0.3) is 0 Å². The monoisotopic (exact) mass is 591 g/mol. The molecule has 2 aromatic rings. The molecule has 1 unspecified atom stereocenters. The smallest absolute Gasteiger partial charge is 0.459 e. The zero-order chi connectivity index (χ0) is 28.6. The molecule has 212 valence electrons. The van der Waals surface area contributed by atoms with Crippen molar-refractivity contribution in [2.75, 3.05) is 13.7 Å². The molecule has 2 N–H and O–H groups in total. The number of aromatic amines is 1. The predicted octanol–water partition coefficient (Wildman–Crippen LogP) is 4.31. The number of nitrogens with one attached hydrogen (secondary N) is 2. The molecule has 1 aliphatic heterocycles. The number of nitrogens with zero attached hydrogens (tertiary/aromatic N) is 1. The first-order valence-electron chi connectivity index (χ1n) is 10.6. The number of rotatable bonds is 10. The van der Waals surface area contributed by atoms with Crippen LogP contribution in [0.2, 0.25) is 0 Å². The van der Waals surface area contributed by atoms with Crippen molar-refractivity contribution in [1.82, 2.24) is 14.6 Å². The Morgan fingerprint density at radius 2 is 1.92 bits per heavy atom. The molecular formula is C20H23F5N3O8PS. The van der Waals surface area contributed by atoms with Crippen molar-refractivity contribution in [2.24, 2.45) is 0 Å². The molecule has 0 spiro atoms. The summed E-state index contributed by atoms with van der Waals surface area (Å²) < 4.78 is 101. The van der Waals surface area contributed by atoms with Crippen LogP contribution >= 0.6 is 18.0 Å². The minimum absolute atomic E-state index is 0.0466. The Balaban J connectivity index is 1.81. The Morgan fingerprint density at radius 3 is 2.55 bits per heavy atom. The highest BCUT2D eigenvalue weighted by Crippen LogP contribution is 3.02. The van der Waals surface area contributed by atoms with Gasteiger partial charge in [0.15, 0.2) is 6.23 Å². The molecule has 0 amide bonds. The van der Waals surface area contributed by atoms with Gasteiger partial charge in [0.1, 0.15) is 22.8 Å². The third-order valence-electron chi connectivity index (χ3n) is 5.02. The SMILES string of the molecule is COC(=O)[C@H](C)NP(=O)(OC[C@@H]1C=C[C@H](n2cc(C)c(=O)[nH]c2=O)O1)Oc1cccc(S(F)(F)(F)(F)F)c1. The highest BCUT2D eigenvalue weighted by atomic mass is 32.5. The highest BCUT2D eigenvalue weighted by molar-refractivity contribution is 8.45. The van der Waals surface area contributed by atoms with Crippen LogP contribution in [0, 0.1) is 6.92 Å². The molecule has 0 radical (unpaired) electrons. The number of H-pyrrole nitrogens is 1. The molecule has 2 heterocycles. The van der Waals surface area contributed by atoms with Gasteiger partial charge in [-0.3, -0.25) is 23.7 Å². The van der Waals surface area contributed by atoms with Gasteiger partial charge in [0.25, 0.3) is 5.56 Å². The number of aryl methyl sites for hydroxylation is 1. The first-order valence-corrected chi connectivity index (χ1v) is 14.1. The first-order chi connectivity index (χ1) is 17.3. The topological polar surface area (TPSA) is 138 Å². The zero-order valence-electron chi connectivity index (χ0n) is 19.9. The lowest BCUT2D eigenvalue weighted by molar-refractivity contribution is -0.142. The van der Waals surface area contributed by atoms with Crippen molar-refractivity contribution in [1.29, 1.82) is 0 Å². The lowest BCUT2D eigenvalue weighted by atomic mass is 10.3. The van der Waals surface area contributed by atoms with Crippen LogP contribution in [0.1, 0.15) is 18.7 Å². The summed E-state index contributed by atoms with van der Waals surface area (Å²) in [5, 5.41) is 2.16. The number of ether oxygens (including phenoxy) is 2. The average molecular weight is 591 g/mol. The fraction of sp³-hybridized carbons (Fsp3) is 0.350. The molecule has 0 fully saturated rings. The van der Waals surface area contributed by atoms with Gasteiger partial charge in [-0.15, -0.1) is 0 Å². The summed E-state index contributed by atoms with van der Waals surface area (Å²) in [6, 6.07) is 0.173. The van der Waals surface area contributed by atoms with Gasteiger partial charge in [-0.05, 0) is 32.1 Å². The van der Waals surface area contributed by atoms with Gasteiger partial charge < -0.3 is 14.0 Å².